The van der Waals surface area contributed by atoms with E-state index in [-0.39, 0.29) is 5.91 Å². The van der Waals surface area contributed by atoms with Crippen LogP contribution in [0.5, 0.6) is 0 Å². The van der Waals surface area contributed by atoms with Crippen molar-refractivity contribution in [3.05, 3.63) is 20.3 Å². The molecule has 1 saturated heterocycles. The van der Waals surface area contributed by atoms with Crippen LogP contribution in [0.3, 0.4) is 0 Å². The molecule has 0 aromatic carbocycles. The Labute approximate surface area is 108 Å². The number of hydrogen-bond donors (Lipinski definition) is 1. The maximum Gasteiger partial charge on any atom is 0.264 e. The van der Waals surface area contributed by atoms with E-state index in [1.807, 2.05) is 17.9 Å². The second kappa shape index (κ2) is 4.85. The van der Waals surface area contributed by atoms with Crippen LogP contribution in [0.4, 0.5) is 0 Å². The predicted molar refractivity (Wildman–Crippen MR) is 70.1 cm³/mol. The predicted octanol–water partition coefficient (Wildman–Crippen LogP) is 2.25. The highest BCUT2D eigenvalue weighted by molar-refractivity contribution is 9.11. The fraction of sp³-hybridized carbons (Fsp3) is 0.545. The third kappa shape index (κ3) is 2.47. The van der Waals surface area contributed by atoms with Gasteiger partial charge >= 0.3 is 0 Å². The van der Waals surface area contributed by atoms with Crippen molar-refractivity contribution in [2.24, 2.45) is 0 Å². The Balaban J connectivity index is 2.12. The van der Waals surface area contributed by atoms with Crippen LogP contribution < -0.4 is 5.32 Å². The van der Waals surface area contributed by atoms with Crippen LogP contribution in [-0.2, 0) is 0 Å². The lowest BCUT2D eigenvalue weighted by atomic mass is 10.2. The minimum absolute atomic E-state index is 0.159. The molecule has 0 saturated carbocycles. The average molecular weight is 303 g/mol. The minimum atomic E-state index is 0.159. The molecule has 1 unspecified atom stereocenters. The van der Waals surface area contributed by atoms with Crippen LogP contribution in [0.15, 0.2) is 9.85 Å². The van der Waals surface area contributed by atoms with Crippen LogP contribution in [0.25, 0.3) is 0 Å². The zero-order valence-corrected chi connectivity index (χ0v) is 11.8. The lowest BCUT2D eigenvalue weighted by Crippen LogP contribution is -2.51. The first kappa shape index (κ1) is 12.1. The van der Waals surface area contributed by atoms with Crippen molar-refractivity contribution < 1.29 is 4.79 Å². The molecule has 5 heteroatoms. The van der Waals surface area contributed by atoms with Crippen molar-refractivity contribution >= 4 is 33.2 Å². The molecule has 16 heavy (non-hydrogen) atoms. The zero-order chi connectivity index (χ0) is 11.7. The Morgan fingerprint density at radius 3 is 3.00 bits per heavy atom. The highest BCUT2D eigenvalue weighted by Gasteiger charge is 2.23. The number of carbonyl (C=O) groups excluding carboxylic acids is 1. The van der Waals surface area contributed by atoms with Gasteiger partial charge in [0.1, 0.15) is 0 Å². The molecule has 1 atom stereocenters. The third-order valence-corrected chi connectivity index (χ3v) is 4.85. The summed E-state index contributed by atoms with van der Waals surface area (Å²) in [6.45, 7) is 6.61. The number of halogens is 1. The van der Waals surface area contributed by atoms with Gasteiger partial charge in [-0.05, 0) is 41.4 Å². The quantitative estimate of drug-likeness (QED) is 0.863. The molecule has 0 bridgehead atoms. The van der Waals surface area contributed by atoms with Gasteiger partial charge in [-0.15, -0.1) is 11.3 Å². The van der Waals surface area contributed by atoms with Crippen LogP contribution in [0.1, 0.15) is 22.2 Å². The van der Waals surface area contributed by atoms with Crippen LogP contribution >= 0.6 is 27.3 Å². The molecule has 0 spiro atoms. The molecular weight excluding hydrogens is 288 g/mol. The Bertz CT molecular complexity index is 385. The zero-order valence-electron chi connectivity index (χ0n) is 9.42. The summed E-state index contributed by atoms with van der Waals surface area (Å²) in [5, 5.41) is 3.34. The summed E-state index contributed by atoms with van der Waals surface area (Å²) in [5.74, 6) is 0.159. The molecule has 0 aliphatic carbocycles. The Morgan fingerprint density at radius 1 is 1.69 bits per heavy atom. The van der Waals surface area contributed by atoms with Crippen molar-refractivity contribution in [1.82, 2.24) is 10.2 Å². The Morgan fingerprint density at radius 2 is 2.44 bits per heavy atom. The molecule has 0 radical (unpaired) electrons. The van der Waals surface area contributed by atoms with Crippen LogP contribution in [0.2, 0.25) is 0 Å². The van der Waals surface area contributed by atoms with Crippen molar-refractivity contribution in [1.29, 1.82) is 0 Å². The molecule has 2 rings (SSSR count). The highest BCUT2D eigenvalue weighted by Crippen LogP contribution is 2.28. The summed E-state index contributed by atoms with van der Waals surface area (Å²) in [7, 11) is 0. The van der Waals surface area contributed by atoms with Crippen molar-refractivity contribution in [2.75, 3.05) is 19.6 Å². The topological polar surface area (TPSA) is 32.3 Å². The fourth-order valence-corrected chi connectivity index (χ4v) is 3.34. The number of nitrogens with one attached hydrogen (secondary N) is 1. The average Bonchev–Trinajstić information content (AvgIpc) is 2.58. The Hall–Kier alpha value is -0.390. The van der Waals surface area contributed by atoms with Gasteiger partial charge in [0.2, 0.25) is 0 Å². The molecule has 1 aromatic heterocycles. The number of hydrogen-bond acceptors (Lipinski definition) is 3. The van der Waals surface area contributed by atoms with E-state index < -0.39 is 0 Å². The number of nitrogens with zero attached hydrogens (tertiary/aromatic N) is 1. The van der Waals surface area contributed by atoms with E-state index in [0.717, 1.165) is 33.9 Å². The maximum absolute atomic E-state index is 12.2. The van der Waals surface area contributed by atoms with E-state index in [1.54, 1.807) is 0 Å². The number of aryl methyl sites for hydroxylation is 1. The maximum atomic E-state index is 12.2. The van der Waals surface area contributed by atoms with Gasteiger partial charge in [-0.25, -0.2) is 0 Å². The smallest absolute Gasteiger partial charge is 0.264 e. The Kier molecular flexibility index (Phi) is 3.66. The molecule has 1 aromatic rings. The molecule has 88 valence electrons. The molecule has 3 nitrogen and oxygen atoms in total. The second-order valence-electron chi connectivity index (χ2n) is 4.17. The van der Waals surface area contributed by atoms with Crippen molar-refractivity contribution in [3.8, 4) is 0 Å². The van der Waals surface area contributed by atoms with E-state index >= 15 is 0 Å². The second-order valence-corrected chi connectivity index (χ2v) is 6.54. The minimum Gasteiger partial charge on any atom is -0.335 e. The molecule has 1 amide bonds. The highest BCUT2D eigenvalue weighted by atomic mass is 79.9. The van der Waals surface area contributed by atoms with Crippen LogP contribution in [0, 0.1) is 6.92 Å². The summed E-state index contributed by atoms with van der Waals surface area (Å²) >= 11 is 4.98. The number of piperazine rings is 1. The van der Waals surface area contributed by atoms with E-state index in [1.165, 1.54) is 11.3 Å². The SMILES string of the molecule is Cc1cc(C(=O)N2CCNC(C)C2)sc1Br. The van der Waals surface area contributed by atoms with Gasteiger partial charge < -0.3 is 10.2 Å². The first-order valence-corrected chi connectivity index (χ1v) is 6.97. The van der Waals surface area contributed by atoms with Gasteiger partial charge in [-0.3, -0.25) is 4.79 Å². The van der Waals surface area contributed by atoms with Gasteiger partial charge in [0.05, 0.1) is 8.66 Å². The monoisotopic (exact) mass is 302 g/mol. The standard InChI is InChI=1S/C11H15BrN2OS/c1-7-5-9(16-10(7)12)11(15)14-4-3-13-8(2)6-14/h5,8,13H,3-4,6H2,1-2H3. The number of carbonyl (C=O) groups is 1. The summed E-state index contributed by atoms with van der Waals surface area (Å²) in [6, 6.07) is 2.35. The lowest BCUT2D eigenvalue weighted by molar-refractivity contribution is 0.0714. The van der Waals surface area contributed by atoms with Gasteiger partial charge in [0, 0.05) is 25.7 Å². The summed E-state index contributed by atoms with van der Waals surface area (Å²) < 4.78 is 1.05. The molecular formula is C11H15BrN2OS. The number of amides is 1. The van der Waals surface area contributed by atoms with E-state index in [2.05, 4.69) is 28.2 Å². The molecule has 1 N–H and O–H groups in total. The molecule has 1 fully saturated rings. The van der Waals surface area contributed by atoms with Crippen molar-refractivity contribution in [3.63, 3.8) is 0 Å². The fourth-order valence-electron chi connectivity index (χ4n) is 1.84. The first-order valence-electron chi connectivity index (χ1n) is 5.36. The molecule has 1 aliphatic rings. The molecule has 1 aliphatic heterocycles. The first-order chi connectivity index (χ1) is 7.58. The molecule has 2 heterocycles. The van der Waals surface area contributed by atoms with Gasteiger partial charge in [-0.2, -0.15) is 0 Å². The van der Waals surface area contributed by atoms with Gasteiger partial charge in [0.15, 0.2) is 0 Å². The number of thiophene rings is 1. The summed E-state index contributed by atoms with van der Waals surface area (Å²) in [5.41, 5.74) is 1.14. The van der Waals surface area contributed by atoms with Crippen LogP contribution in [-0.4, -0.2) is 36.5 Å². The van der Waals surface area contributed by atoms with E-state index in [9.17, 15) is 4.79 Å². The van der Waals surface area contributed by atoms with E-state index in [0.29, 0.717) is 6.04 Å². The van der Waals surface area contributed by atoms with Gasteiger partial charge in [-0.1, -0.05) is 0 Å². The largest absolute Gasteiger partial charge is 0.335 e. The normalized spacial score (nSPS) is 21.2. The van der Waals surface area contributed by atoms with Crippen molar-refractivity contribution in [2.45, 2.75) is 19.9 Å². The number of rotatable bonds is 1. The van der Waals surface area contributed by atoms with Gasteiger partial charge in [0.25, 0.3) is 5.91 Å². The third-order valence-electron chi connectivity index (χ3n) is 2.72. The summed E-state index contributed by atoms with van der Waals surface area (Å²) in [4.78, 5) is 15.0. The summed E-state index contributed by atoms with van der Waals surface area (Å²) in [6.07, 6.45) is 0. The lowest BCUT2D eigenvalue weighted by Gasteiger charge is -2.31. The van der Waals surface area contributed by atoms with E-state index in [4.69, 9.17) is 0 Å².